The van der Waals surface area contributed by atoms with Crippen LogP contribution in [0.5, 0.6) is 0 Å². The van der Waals surface area contributed by atoms with Gasteiger partial charge in [0.1, 0.15) is 0 Å². The molecule has 0 spiro atoms. The number of hydrogen-bond donors (Lipinski definition) is 1. The zero-order chi connectivity index (χ0) is 16.2. The molecule has 0 aromatic carbocycles. The van der Waals surface area contributed by atoms with Crippen LogP contribution in [0.4, 0.5) is 4.79 Å². The van der Waals surface area contributed by atoms with Crippen molar-refractivity contribution in [3.8, 4) is 0 Å². The van der Waals surface area contributed by atoms with E-state index in [1.54, 1.807) is 4.90 Å². The summed E-state index contributed by atoms with van der Waals surface area (Å²) in [6.45, 7) is 17.1. The molecule has 0 fully saturated rings. The first kappa shape index (κ1) is 19.3. The predicted octanol–water partition coefficient (Wildman–Crippen LogP) is 5.54. The van der Waals surface area contributed by atoms with Crippen molar-refractivity contribution < 1.29 is 9.90 Å². The molecule has 120 valence electrons. The molecule has 1 atom stereocenters. The van der Waals surface area contributed by atoms with E-state index in [0.717, 1.165) is 32.1 Å². The fraction of sp³-hybridized carbons (Fsp3) is 0.941. The van der Waals surface area contributed by atoms with Gasteiger partial charge in [0, 0.05) is 11.1 Å². The smallest absolute Gasteiger partial charge is 0.408 e. The molecule has 20 heavy (non-hydrogen) atoms. The van der Waals surface area contributed by atoms with Gasteiger partial charge in [-0.05, 0) is 51.4 Å². The molecule has 0 aromatic rings. The number of nitrogens with zero attached hydrogens (tertiary/aromatic N) is 1. The Morgan fingerprint density at radius 3 is 1.45 bits per heavy atom. The van der Waals surface area contributed by atoms with Crippen molar-refractivity contribution in [2.75, 3.05) is 0 Å². The molecule has 0 heterocycles. The molecule has 0 saturated carbocycles. The molecule has 0 saturated heterocycles. The Morgan fingerprint density at radius 1 is 0.850 bits per heavy atom. The van der Waals surface area contributed by atoms with Crippen LogP contribution >= 0.6 is 0 Å². The molecule has 0 aliphatic rings. The summed E-state index contributed by atoms with van der Waals surface area (Å²) in [5, 5.41) is 9.92. The van der Waals surface area contributed by atoms with Gasteiger partial charge in [0.2, 0.25) is 0 Å². The third kappa shape index (κ3) is 2.96. The van der Waals surface area contributed by atoms with E-state index in [9.17, 15) is 9.90 Å². The first-order valence-corrected chi connectivity index (χ1v) is 8.15. The third-order valence-electron chi connectivity index (χ3n) is 6.30. The summed E-state index contributed by atoms with van der Waals surface area (Å²) in [7, 11) is 0. The van der Waals surface area contributed by atoms with Gasteiger partial charge in [-0.1, -0.05) is 41.5 Å². The highest BCUT2D eigenvalue weighted by Gasteiger charge is 2.52. The Bertz CT molecular complexity index is 319. The van der Waals surface area contributed by atoms with Gasteiger partial charge in [-0.25, -0.2) is 4.79 Å². The van der Waals surface area contributed by atoms with E-state index in [-0.39, 0.29) is 16.5 Å². The van der Waals surface area contributed by atoms with E-state index in [1.807, 2.05) is 0 Å². The summed E-state index contributed by atoms with van der Waals surface area (Å²) < 4.78 is 0. The van der Waals surface area contributed by atoms with Gasteiger partial charge < -0.3 is 5.11 Å². The third-order valence-corrected chi connectivity index (χ3v) is 6.30. The van der Waals surface area contributed by atoms with E-state index in [0.29, 0.717) is 0 Å². The van der Waals surface area contributed by atoms with Crippen molar-refractivity contribution in [3.05, 3.63) is 0 Å². The zero-order valence-electron chi connectivity index (χ0n) is 14.8. The number of carboxylic acid groups (broad SMARTS) is 1. The van der Waals surface area contributed by atoms with Gasteiger partial charge in [-0.3, -0.25) is 4.90 Å². The van der Waals surface area contributed by atoms with E-state index in [1.165, 1.54) is 0 Å². The summed E-state index contributed by atoms with van der Waals surface area (Å²) in [5.74, 6) is 0. The molecule has 0 radical (unpaired) electrons. The van der Waals surface area contributed by atoms with Crippen molar-refractivity contribution in [1.29, 1.82) is 0 Å². The lowest BCUT2D eigenvalue weighted by molar-refractivity contribution is -0.0683. The summed E-state index contributed by atoms with van der Waals surface area (Å²) >= 11 is 0. The van der Waals surface area contributed by atoms with Crippen LogP contribution in [0, 0.1) is 5.41 Å². The number of carbonyl (C=O) groups is 1. The highest BCUT2D eigenvalue weighted by atomic mass is 16.4. The maximum atomic E-state index is 12.1. The molecular weight excluding hydrogens is 250 g/mol. The molecule has 3 nitrogen and oxygen atoms in total. The average molecular weight is 285 g/mol. The van der Waals surface area contributed by atoms with Gasteiger partial charge in [-0.15, -0.1) is 0 Å². The molecule has 3 heteroatoms. The molecule has 0 bridgehead atoms. The van der Waals surface area contributed by atoms with Crippen molar-refractivity contribution in [1.82, 2.24) is 4.90 Å². The molecule has 0 rings (SSSR count). The van der Waals surface area contributed by atoms with Gasteiger partial charge in [0.15, 0.2) is 0 Å². The first-order valence-electron chi connectivity index (χ1n) is 8.15. The second kappa shape index (κ2) is 6.82. The highest BCUT2D eigenvalue weighted by Crippen LogP contribution is 2.47. The maximum absolute atomic E-state index is 12.1. The Kier molecular flexibility index (Phi) is 6.57. The SMILES string of the molecule is CCC(C)(CC)N(C(=O)O)C(C)(CC)C(C)(CC)CC. The van der Waals surface area contributed by atoms with Crippen LogP contribution in [-0.2, 0) is 0 Å². The fourth-order valence-corrected chi connectivity index (χ4v) is 3.47. The largest absolute Gasteiger partial charge is 0.465 e. The second-order valence-electron chi connectivity index (χ2n) is 6.72. The number of amides is 1. The molecule has 1 N–H and O–H groups in total. The Balaban J connectivity index is 6.05. The normalized spacial score (nSPS) is 15.8. The van der Waals surface area contributed by atoms with Crippen LogP contribution in [0.1, 0.15) is 87.5 Å². The Hall–Kier alpha value is -0.730. The topological polar surface area (TPSA) is 40.5 Å². The van der Waals surface area contributed by atoms with Crippen LogP contribution in [0.25, 0.3) is 0 Å². The van der Waals surface area contributed by atoms with Crippen LogP contribution in [-0.4, -0.2) is 27.2 Å². The lowest BCUT2D eigenvalue weighted by Crippen LogP contribution is -2.65. The molecule has 0 aliphatic carbocycles. The van der Waals surface area contributed by atoms with Crippen LogP contribution in [0.15, 0.2) is 0 Å². The van der Waals surface area contributed by atoms with E-state index in [2.05, 4.69) is 55.4 Å². The van der Waals surface area contributed by atoms with Crippen molar-refractivity contribution in [2.45, 2.75) is 98.6 Å². The summed E-state index contributed by atoms with van der Waals surface area (Å²) in [6, 6.07) is 0. The maximum Gasteiger partial charge on any atom is 0.408 e. The molecule has 1 amide bonds. The molecular formula is C17H35NO2. The van der Waals surface area contributed by atoms with Crippen molar-refractivity contribution in [3.63, 3.8) is 0 Å². The first-order chi connectivity index (χ1) is 9.12. The van der Waals surface area contributed by atoms with Crippen LogP contribution in [0.3, 0.4) is 0 Å². The zero-order valence-corrected chi connectivity index (χ0v) is 14.8. The van der Waals surface area contributed by atoms with Crippen LogP contribution in [0.2, 0.25) is 0 Å². The molecule has 1 unspecified atom stereocenters. The molecule has 0 aliphatic heterocycles. The minimum atomic E-state index is -0.784. The van der Waals surface area contributed by atoms with E-state index in [4.69, 9.17) is 0 Å². The fourth-order valence-electron chi connectivity index (χ4n) is 3.47. The number of rotatable bonds is 8. The van der Waals surface area contributed by atoms with Crippen molar-refractivity contribution in [2.24, 2.45) is 5.41 Å². The van der Waals surface area contributed by atoms with Gasteiger partial charge in [0.25, 0.3) is 0 Å². The Labute approximate surface area is 125 Å². The lowest BCUT2D eigenvalue weighted by atomic mass is 9.64. The lowest BCUT2D eigenvalue weighted by Gasteiger charge is -2.57. The minimum absolute atomic E-state index is 0.00819. The minimum Gasteiger partial charge on any atom is -0.465 e. The van der Waals surface area contributed by atoms with E-state index < -0.39 is 6.09 Å². The quantitative estimate of drug-likeness (QED) is 0.636. The second-order valence-corrected chi connectivity index (χ2v) is 6.72. The monoisotopic (exact) mass is 285 g/mol. The summed E-state index contributed by atoms with van der Waals surface area (Å²) in [4.78, 5) is 13.8. The summed E-state index contributed by atoms with van der Waals surface area (Å²) in [5.41, 5.74) is -0.656. The predicted molar refractivity (Wildman–Crippen MR) is 86.2 cm³/mol. The summed E-state index contributed by atoms with van der Waals surface area (Å²) in [6.07, 6.45) is 3.72. The van der Waals surface area contributed by atoms with Crippen molar-refractivity contribution >= 4 is 6.09 Å². The van der Waals surface area contributed by atoms with Crippen LogP contribution < -0.4 is 0 Å². The standard InChI is InChI=1S/C17H35NO2/c1-9-15(6,10-2)17(8,13-5)18(14(19)20)16(7,11-3)12-4/h9-13H2,1-8H3,(H,19,20). The van der Waals surface area contributed by atoms with Gasteiger partial charge >= 0.3 is 6.09 Å². The Morgan fingerprint density at radius 2 is 1.25 bits per heavy atom. The number of hydrogen-bond acceptors (Lipinski definition) is 1. The molecule has 0 aromatic heterocycles. The average Bonchev–Trinajstić information content (AvgIpc) is 2.45. The van der Waals surface area contributed by atoms with E-state index >= 15 is 0 Å². The van der Waals surface area contributed by atoms with Gasteiger partial charge in [0.05, 0.1) is 0 Å². The highest BCUT2D eigenvalue weighted by molar-refractivity contribution is 5.67. The van der Waals surface area contributed by atoms with Gasteiger partial charge in [-0.2, -0.15) is 0 Å².